The van der Waals surface area contributed by atoms with Gasteiger partial charge in [0, 0.05) is 43.2 Å². The highest BCUT2D eigenvalue weighted by Crippen LogP contribution is 2.46. The monoisotopic (exact) mass is 359 g/mol. The molecule has 0 N–H and O–H groups in total. The summed E-state index contributed by atoms with van der Waals surface area (Å²) in [5.74, 6) is 9.05. The van der Waals surface area contributed by atoms with E-state index in [1.807, 2.05) is 12.3 Å². The fourth-order valence-corrected chi connectivity index (χ4v) is 4.28. The maximum Gasteiger partial charge on any atom is 0.132 e. The summed E-state index contributed by atoms with van der Waals surface area (Å²) in [6.45, 7) is 11.9. The van der Waals surface area contributed by atoms with E-state index >= 15 is 0 Å². The number of amidine groups is 1. The zero-order valence-corrected chi connectivity index (χ0v) is 16.5. The predicted molar refractivity (Wildman–Crippen MR) is 113 cm³/mol. The first kappa shape index (κ1) is 17.9. The SMILES string of the molecule is C=CC1CN2C(=N1)c1cc(C#CC(C)CCN(C)C=C)ccc1C1CC2C1. The fourth-order valence-electron chi connectivity index (χ4n) is 4.28. The summed E-state index contributed by atoms with van der Waals surface area (Å²) in [6, 6.07) is 7.63. The van der Waals surface area contributed by atoms with E-state index in [-0.39, 0.29) is 6.04 Å². The van der Waals surface area contributed by atoms with Gasteiger partial charge in [-0.15, -0.1) is 6.58 Å². The molecule has 27 heavy (non-hydrogen) atoms. The normalized spacial score (nSPS) is 25.6. The van der Waals surface area contributed by atoms with Gasteiger partial charge in [0.15, 0.2) is 0 Å². The Morgan fingerprint density at radius 2 is 2.19 bits per heavy atom. The number of nitrogens with zero attached hydrogens (tertiary/aromatic N) is 3. The van der Waals surface area contributed by atoms with E-state index in [4.69, 9.17) is 4.99 Å². The molecular formula is C24H29N3. The largest absolute Gasteiger partial charge is 0.381 e. The van der Waals surface area contributed by atoms with Crippen LogP contribution in [0.2, 0.25) is 0 Å². The second-order valence-electron chi connectivity index (χ2n) is 8.15. The minimum atomic E-state index is 0.224. The van der Waals surface area contributed by atoms with Crippen LogP contribution >= 0.6 is 0 Å². The molecule has 2 atom stereocenters. The van der Waals surface area contributed by atoms with Gasteiger partial charge in [0.2, 0.25) is 0 Å². The van der Waals surface area contributed by atoms with Crippen LogP contribution in [-0.4, -0.2) is 47.9 Å². The van der Waals surface area contributed by atoms with E-state index in [0.29, 0.717) is 17.9 Å². The Hall–Kier alpha value is -2.47. The summed E-state index contributed by atoms with van der Waals surface area (Å²) in [5.41, 5.74) is 3.86. The Bertz CT molecular complexity index is 835. The Morgan fingerprint density at radius 1 is 1.37 bits per heavy atom. The molecule has 0 radical (unpaired) electrons. The molecule has 140 valence electrons. The quantitative estimate of drug-likeness (QED) is 0.584. The van der Waals surface area contributed by atoms with E-state index in [1.54, 1.807) is 0 Å². The van der Waals surface area contributed by atoms with Crippen molar-refractivity contribution in [3.8, 4) is 11.8 Å². The van der Waals surface area contributed by atoms with Crippen LogP contribution in [0.15, 0.2) is 48.6 Å². The number of rotatable bonds is 5. The van der Waals surface area contributed by atoms with E-state index < -0.39 is 0 Å². The van der Waals surface area contributed by atoms with Crippen molar-refractivity contribution in [2.75, 3.05) is 20.1 Å². The molecule has 2 bridgehead atoms. The van der Waals surface area contributed by atoms with Gasteiger partial charge in [-0.1, -0.05) is 37.5 Å². The lowest BCUT2D eigenvalue weighted by Crippen LogP contribution is -2.43. The van der Waals surface area contributed by atoms with Crippen molar-refractivity contribution in [3.63, 3.8) is 0 Å². The molecule has 1 aromatic carbocycles. The predicted octanol–water partition coefficient (Wildman–Crippen LogP) is 4.02. The average Bonchev–Trinajstić information content (AvgIpc) is 2.98. The van der Waals surface area contributed by atoms with Gasteiger partial charge >= 0.3 is 0 Å². The second kappa shape index (κ2) is 7.27. The molecule has 3 heteroatoms. The summed E-state index contributed by atoms with van der Waals surface area (Å²) in [6.07, 6.45) is 7.40. The third-order valence-corrected chi connectivity index (χ3v) is 6.19. The first-order valence-corrected chi connectivity index (χ1v) is 10.0. The van der Waals surface area contributed by atoms with E-state index in [2.05, 4.69) is 67.0 Å². The van der Waals surface area contributed by atoms with Crippen LogP contribution in [-0.2, 0) is 0 Å². The standard InChI is InChI=1S/C24H29N3/c1-5-20-16-27-21-14-19(15-21)22-10-9-18(13-23(22)24(27)25-20)8-7-17(3)11-12-26(4)6-2/h5-6,9-10,13,17,19-21H,1-2,11-12,14-16H2,3-4H3. The third-order valence-electron chi connectivity index (χ3n) is 6.19. The first-order chi connectivity index (χ1) is 13.1. The number of hydrogen-bond acceptors (Lipinski definition) is 3. The average molecular weight is 360 g/mol. The van der Waals surface area contributed by atoms with Gasteiger partial charge in [0.05, 0.1) is 6.04 Å². The summed E-state index contributed by atoms with van der Waals surface area (Å²) in [4.78, 5) is 9.58. The van der Waals surface area contributed by atoms with Crippen LogP contribution in [0.5, 0.6) is 0 Å². The number of benzene rings is 1. The molecule has 1 aromatic rings. The molecule has 0 aromatic heterocycles. The van der Waals surface area contributed by atoms with Crippen molar-refractivity contribution in [3.05, 3.63) is 60.3 Å². The van der Waals surface area contributed by atoms with Crippen molar-refractivity contribution in [1.29, 1.82) is 0 Å². The Labute approximate surface area is 163 Å². The summed E-state index contributed by atoms with van der Waals surface area (Å²) in [7, 11) is 2.05. The van der Waals surface area contributed by atoms with Gasteiger partial charge in [0.25, 0.3) is 0 Å². The third kappa shape index (κ3) is 3.41. The number of hydrogen-bond donors (Lipinski definition) is 0. The summed E-state index contributed by atoms with van der Waals surface area (Å²) in [5, 5.41) is 0. The van der Waals surface area contributed by atoms with Crippen molar-refractivity contribution < 1.29 is 0 Å². The van der Waals surface area contributed by atoms with Crippen LogP contribution in [0.1, 0.15) is 48.8 Å². The maximum absolute atomic E-state index is 4.96. The first-order valence-electron chi connectivity index (χ1n) is 10.0. The molecule has 0 saturated heterocycles. The minimum absolute atomic E-state index is 0.224. The van der Waals surface area contributed by atoms with Gasteiger partial charge < -0.3 is 9.80 Å². The molecule has 5 rings (SSSR count). The molecule has 3 aliphatic heterocycles. The molecule has 1 aliphatic carbocycles. The molecule has 3 nitrogen and oxygen atoms in total. The van der Waals surface area contributed by atoms with Gasteiger partial charge in [-0.3, -0.25) is 4.99 Å². The number of aliphatic imine (C=N–C) groups is 1. The van der Waals surface area contributed by atoms with Gasteiger partial charge in [-0.05, 0) is 49.1 Å². The van der Waals surface area contributed by atoms with Crippen molar-refractivity contribution >= 4 is 5.84 Å². The van der Waals surface area contributed by atoms with E-state index in [1.165, 1.54) is 29.8 Å². The zero-order valence-electron chi connectivity index (χ0n) is 16.5. The molecule has 4 aliphatic rings. The highest BCUT2D eigenvalue weighted by Gasteiger charge is 2.44. The maximum atomic E-state index is 4.96. The molecule has 0 amide bonds. The topological polar surface area (TPSA) is 18.8 Å². The van der Waals surface area contributed by atoms with Crippen LogP contribution < -0.4 is 0 Å². The van der Waals surface area contributed by atoms with Gasteiger partial charge in [-0.2, -0.15) is 0 Å². The lowest BCUT2D eigenvalue weighted by Gasteiger charge is -2.39. The highest BCUT2D eigenvalue weighted by molar-refractivity contribution is 6.03. The van der Waals surface area contributed by atoms with Crippen LogP contribution in [0.3, 0.4) is 0 Å². The molecular weight excluding hydrogens is 330 g/mol. The summed E-state index contributed by atoms with van der Waals surface area (Å²) >= 11 is 0. The lowest BCUT2D eigenvalue weighted by atomic mass is 9.75. The van der Waals surface area contributed by atoms with Crippen LogP contribution in [0, 0.1) is 17.8 Å². The minimum Gasteiger partial charge on any atom is -0.381 e. The lowest BCUT2D eigenvalue weighted by molar-refractivity contribution is 0.196. The molecule has 2 unspecified atom stereocenters. The highest BCUT2D eigenvalue weighted by atomic mass is 15.3. The van der Waals surface area contributed by atoms with Crippen molar-refractivity contribution in [1.82, 2.24) is 9.80 Å². The Balaban J connectivity index is 1.58. The van der Waals surface area contributed by atoms with E-state index in [0.717, 1.165) is 25.1 Å². The molecule has 1 fully saturated rings. The van der Waals surface area contributed by atoms with Crippen LogP contribution in [0.25, 0.3) is 0 Å². The molecule has 3 heterocycles. The summed E-state index contributed by atoms with van der Waals surface area (Å²) < 4.78 is 0. The van der Waals surface area contributed by atoms with Crippen molar-refractivity contribution in [2.45, 2.75) is 44.2 Å². The van der Waals surface area contributed by atoms with Crippen molar-refractivity contribution in [2.24, 2.45) is 10.9 Å². The van der Waals surface area contributed by atoms with Gasteiger partial charge in [0.1, 0.15) is 5.84 Å². The molecule has 0 spiro atoms. The second-order valence-corrected chi connectivity index (χ2v) is 8.15. The van der Waals surface area contributed by atoms with E-state index in [9.17, 15) is 0 Å². The smallest absolute Gasteiger partial charge is 0.132 e. The zero-order chi connectivity index (χ0) is 19.0. The fraction of sp³-hybridized carbons (Fsp3) is 0.458. The molecule has 1 saturated carbocycles. The van der Waals surface area contributed by atoms with Crippen LogP contribution in [0.4, 0.5) is 0 Å². The van der Waals surface area contributed by atoms with Gasteiger partial charge in [-0.25, -0.2) is 0 Å². The Morgan fingerprint density at radius 3 is 2.93 bits per heavy atom. The Kier molecular flexibility index (Phi) is 4.83.